The van der Waals surface area contributed by atoms with Gasteiger partial charge in [0.1, 0.15) is 11.8 Å². The fraction of sp³-hybridized carbons (Fsp3) is 0.306. The van der Waals surface area contributed by atoms with Gasteiger partial charge in [-0.15, -0.1) is 0 Å². The highest BCUT2D eigenvalue weighted by Gasteiger charge is 2.57. The van der Waals surface area contributed by atoms with Crippen molar-refractivity contribution >= 4 is 63.9 Å². The van der Waals surface area contributed by atoms with E-state index in [4.69, 9.17) is 4.74 Å². The van der Waals surface area contributed by atoms with Gasteiger partial charge in [0.15, 0.2) is 0 Å². The minimum Gasteiger partial charge on any atom is -0.462 e. The summed E-state index contributed by atoms with van der Waals surface area (Å²) in [6, 6.07) is 17.6. The zero-order valence-corrected chi connectivity index (χ0v) is 29.4. The lowest BCUT2D eigenvalue weighted by atomic mass is 9.83. The number of anilines is 3. The Bertz CT molecular complexity index is 2040. The minimum atomic E-state index is -4.69. The van der Waals surface area contributed by atoms with E-state index in [0.29, 0.717) is 26.7 Å². The maximum Gasteiger partial charge on any atom is 0.416 e. The molecule has 3 amide bonds. The molecular weight excluding hydrogens is 706 g/mol. The molecule has 4 aromatic rings. The van der Waals surface area contributed by atoms with Crippen LogP contribution in [0.2, 0.25) is 0 Å². The summed E-state index contributed by atoms with van der Waals surface area (Å²) in [5, 5.41) is 1.97. The second-order valence-electron chi connectivity index (χ2n) is 11.8. The van der Waals surface area contributed by atoms with Crippen molar-refractivity contribution in [1.82, 2.24) is 4.57 Å². The van der Waals surface area contributed by atoms with E-state index in [9.17, 15) is 37.1 Å². The van der Waals surface area contributed by atoms with Gasteiger partial charge in [-0.1, -0.05) is 41.3 Å². The number of thioether (sulfide) groups is 1. The Kier molecular flexibility index (Phi) is 10.1. The molecule has 3 heterocycles. The van der Waals surface area contributed by atoms with Crippen molar-refractivity contribution in [3.05, 3.63) is 104 Å². The molecule has 2 unspecified atom stereocenters. The van der Waals surface area contributed by atoms with E-state index >= 15 is 0 Å². The summed E-state index contributed by atoms with van der Waals surface area (Å²) in [5.74, 6) is -4.25. The number of thiazole rings is 1. The SMILES string of the molecule is CCOC(=O)c1ccc(NC(=O)Cn2c3c(sc2=O)[C@H](c2ccc(N(CC)CC)cc2)C2C(=O)N(c4cccc(C(F)(F)F)c4)C(=O)C2S3)cc1. The summed E-state index contributed by atoms with van der Waals surface area (Å²) in [5.41, 5.74) is 1.06. The average Bonchev–Trinajstić information content (AvgIpc) is 3.55. The van der Waals surface area contributed by atoms with Crippen LogP contribution in [0.1, 0.15) is 53.1 Å². The van der Waals surface area contributed by atoms with Crippen molar-refractivity contribution in [3.63, 3.8) is 0 Å². The topological polar surface area (TPSA) is 118 Å². The van der Waals surface area contributed by atoms with Crippen molar-refractivity contribution < 1.29 is 37.1 Å². The zero-order chi connectivity index (χ0) is 36.6. The van der Waals surface area contributed by atoms with Crippen molar-refractivity contribution in [1.29, 1.82) is 0 Å². The fourth-order valence-electron chi connectivity index (χ4n) is 6.42. The van der Waals surface area contributed by atoms with Crippen molar-refractivity contribution in [2.24, 2.45) is 5.92 Å². The first-order chi connectivity index (χ1) is 24.4. The Morgan fingerprint density at radius 2 is 1.61 bits per heavy atom. The summed E-state index contributed by atoms with van der Waals surface area (Å²) in [6.45, 7) is 7.04. The Hall–Kier alpha value is -4.89. The molecule has 0 saturated carbocycles. The molecule has 0 bridgehead atoms. The molecule has 2 aliphatic heterocycles. The number of hydrogen-bond acceptors (Lipinski definition) is 9. The molecule has 3 atom stereocenters. The van der Waals surface area contributed by atoms with Gasteiger partial charge in [0.2, 0.25) is 17.7 Å². The number of benzene rings is 3. The molecule has 15 heteroatoms. The summed E-state index contributed by atoms with van der Waals surface area (Å²) >= 11 is 1.83. The number of hydrogen-bond donors (Lipinski definition) is 1. The van der Waals surface area contributed by atoms with Gasteiger partial charge in [0.05, 0.1) is 34.4 Å². The van der Waals surface area contributed by atoms with Crippen LogP contribution in [0.4, 0.5) is 30.2 Å². The molecule has 6 rings (SSSR count). The van der Waals surface area contributed by atoms with Crippen LogP contribution in [0.3, 0.4) is 0 Å². The highest BCUT2D eigenvalue weighted by molar-refractivity contribution is 8.00. The smallest absolute Gasteiger partial charge is 0.416 e. The molecule has 10 nitrogen and oxygen atoms in total. The highest BCUT2D eigenvalue weighted by Crippen LogP contribution is 2.54. The van der Waals surface area contributed by atoms with E-state index < -0.39 is 63.9 Å². The number of rotatable bonds is 10. The quantitative estimate of drug-likeness (QED) is 0.147. The maximum absolute atomic E-state index is 14.2. The molecule has 0 spiro atoms. The molecule has 266 valence electrons. The number of amides is 3. The fourth-order valence-corrected chi connectivity index (χ4v) is 9.19. The molecule has 0 radical (unpaired) electrons. The highest BCUT2D eigenvalue weighted by atomic mass is 32.2. The van der Waals surface area contributed by atoms with E-state index in [0.717, 1.165) is 65.0 Å². The average molecular weight is 739 g/mol. The molecule has 1 N–H and O–H groups in total. The van der Waals surface area contributed by atoms with E-state index in [1.165, 1.54) is 34.9 Å². The molecular formula is C36H33F3N4O6S2. The molecule has 3 aromatic carbocycles. The van der Waals surface area contributed by atoms with Gasteiger partial charge in [-0.2, -0.15) is 13.2 Å². The number of alkyl halides is 3. The van der Waals surface area contributed by atoms with Gasteiger partial charge in [-0.3, -0.25) is 23.7 Å². The lowest BCUT2D eigenvalue weighted by molar-refractivity contribution is -0.137. The first-order valence-electron chi connectivity index (χ1n) is 16.2. The van der Waals surface area contributed by atoms with Gasteiger partial charge < -0.3 is 15.0 Å². The van der Waals surface area contributed by atoms with Gasteiger partial charge in [-0.25, -0.2) is 9.69 Å². The van der Waals surface area contributed by atoms with Gasteiger partial charge >= 0.3 is 17.0 Å². The van der Waals surface area contributed by atoms with Crippen LogP contribution >= 0.6 is 23.1 Å². The van der Waals surface area contributed by atoms with Gasteiger partial charge in [0.25, 0.3) is 0 Å². The molecule has 1 saturated heterocycles. The lowest BCUT2D eigenvalue weighted by Crippen LogP contribution is -2.33. The Balaban J connectivity index is 1.36. The first kappa shape index (κ1) is 35.9. The number of nitrogens with one attached hydrogen (secondary N) is 1. The number of halogens is 3. The summed E-state index contributed by atoms with van der Waals surface area (Å²) < 4.78 is 47.1. The summed E-state index contributed by atoms with van der Waals surface area (Å²) in [6.07, 6.45) is -4.69. The predicted octanol–water partition coefficient (Wildman–Crippen LogP) is 6.39. The number of carbonyl (C=O) groups is 4. The number of aromatic nitrogens is 1. The van der Waals surface area contributed by atoms with Crippen LogP contribution in [0.5, 0.6) is 0 Å². The number of ether oxygens (including phenoxy) is 1. The van der Waals surface area contributed by atoms with Gasteiger partial charge in [-0.05, 0) is 80.9 Å². The summed E-state index contributed by atoms with van der Waals surface area (Å²) in [4.78, 5) is 69.9. The summed E-state index contributed by atoms with van der Waals surface area (Å²) in [7, 11) is 0. The number of nitrogens with zero attached hydrogens (tertiary/aromatic N) is 3. The van der Waals surface area contributed by atoms with Crippen LogP contribution in [-0.4, -0.2) is 53.2 Å². The third-order valence-corrected chi connectivity index (χ3v) is 11.4. The maximum atomic E-state index is 14.2. The Labute approximate surface area is 299 Å². The molecule has 2 aliphatic rings. The van der Waals surface area contributed by atoms with Crippen LogP contribution in [0.15, 0.2) is 82.6 Å². The van der Waals surface area contributed by atoms with Crippen molar-refractivity contribution in [2.75, 3.05) is 34.8 Å². The second-order valence-corrected chi connectivity index (χ2v) is 14.0. The Morgan fingerprint density at radius 1 is 0.922 bits per heavy atom. The van der Waals surface area contributed by atoms with Crippen LogP contribution in [0.25, 0.3) is 0 Å². The molecule has 1 aromatic heterocycles. The van der Waals surface area contributed by atoms with Gasteiger partial charge in [0, 0.05) is 35.3 Å². The minimum absolute atomic E-state index is 0.195. The molecule has 51 heavy (non-hydrogen) atoms. The number of imide groups is 1. The number of esters is 1. The van der Waals surface area contributed by atoms with Crippen LogP contribution < -0.4 is 20.0 Å². The van der Waals surface area contributed by atoms with E-state index in [1.54, 1.807) is 6.92 Å². The predicted molar refractivity (Wildman–Crippen MR) is 189 cm³/mol. The lowest BCUT2D eigenvalue weighted by Gasteiger charge is -2.31. The van der Waals surface area contributed by atoms with Crippen LogP contribution in [0, 0.1) is 5.92 Å². The normalized spacial score (nSPS) is 18.3. The standard InChI is InChI=1S/C36H33F3N4O6S2/c1-4-41(5-2)24-16-12-20(13-17-24)27-28-29(32(46)43(31(28)45)25-9-7-8-22(18-25)36(37,38)39)50-33-30(27)51-35(48)42(33)19-26(44)40-23-14-10-21(11-15-23)34(47)49-6-3/h7-18,27-29H,4-6,19H2,1-3H3,(H,40,44)/t27-,28?,29?/m1/s1. The zero-order valence-electron chi connectivity index (χ0n) is 27.7. The van der Waals surface area contributed by atoms with E-state index in [1.807, 2.05) is 38.1 Å². The Morgan fingerprint density at radius 3 is 2.24 bits per heavy atom. The molecule has 0 aliphatic carbocycles. The second kappa shape index (κ2) is 14.4. The number of fused-ring (bicyclic) bond motifs is 2. The monoisotopic (exact) mass is 738 g/mol. The number of carbonyl (C=O) groups excluding carboxylic acids is 4. The van der Waals surface area contributed by atoms with E-state index in [-0.39, 0.29) is 12.3 Å². The first-order valence-corrected chi connectivity index (χ1v) is 17.9. The van der Waals surface area contributed by atoms with Crippen LogP contribution in [-0.2, 0) is 31.8 Å². The molecule has 1 fully saturated rings. The van der Waals surface area contributed by atoms with E-state index in [2.05, 4.69) is 10.2 Å². The van der Waals surface area contributed by atoms with Crippen molar-refractivity contribution in [3.8, 4) is 0 Å². The third kappa shape index (κ3) is 6.91. The largest absolute Gasteiger partial charge is 0.462 e. The van der Waals surface area contributed by atoms with Crippen molar-refractivity contribution in [2.45, 2.75) is 49.7 Å². The third-order valence-electron chi connectivity index (χ3n) is 8.84.